The van der Waals surface area contributed by atoms with E-state index in [0.29, 0.717) is 0 Å². The van der Waals surface area contributed by atoms with Crippen molar-refractivity contribution in [2.75, 3.05) is 12.4 Å². The van der Waals surface area contributed by atoms with E-state index in [4.69, 9.17) is 4.55 Å². The van der Waals surface area contributed by atoms with Crippen LogP contribution in [0.15, 0.2) is 35.2 Å². The molecule has 0 aromatic heterocycles. The van der Waals surface area contributed by atoms with Crippen LogP contribution in [0.2, 0.25) is 0 Å². The molecule has 0 heterocycles. The van der Waals surface area contributed by atoms with Gasteiger partial charge in [0.05, 0.1) is 17.3 Å². The summed E-state index contributed by atoms with van der Waals surface area (Å²) in [7, 11) is -3.43. The van der Waals surface area contributed by atoms with Crippen LogP contribution in [0, 0.1) is 0 Å². The fourth-order valence-corrected chi connectivity index (χ4v) is 2.40. The maximum Gasteiger partial charge on any atom is 0.301 e. The molecule has 0 aliphatic carbocycles. The van der Waals surface area contributed by atoms with Gasteiger partial charge in [0.25, 0.3) is 0 Å². The van der Waals surface area contributed by atoms with E-state index in [2.05, 4.69) is 4.18 Å². The van der Waals surface area contributed by atoms with Crippen LogP contribution in [0.4, 0.5) is 0 Å². The Morgan fingerprint density at radius 3 is 2.40 bits per heavy atom. The standard InChI is InChI=1S/C8H10O5S2/c9-14(10)13-6-7-15(11,12)8-4-2-1-3-5-8/h1-5H,6-7H2,(H,9,10). The molecule has 1 N–H and O–H groups in total. The van der Waals surface area contributed by atoms with Crippen LogP contribution in [0.25, 0.3) is 0 Å². The zero-order chi connectivity index (χ0) is 11.3. The van der Waals surface area contributed by atoms with Crippen LogP contribution in [0.3, 0.4) is 0 Å². The Balaban J connectivity index is 2.65. The molecule has 1 aromatic carbocycles. The lowest BCUT2D eigenvalue weighted by atomic mass is 10.4. The van der Waals surface area contributed by atoms with E-state index in [9.17, 15) is 12.6 Å². The minimum atomic E-state index is -3.43. The minimum Gasteiger partial charge on any atom is -0.284 e. The summed E-state index contributed by atoms with van der Waals surface area (Å²) in [6, 6.07) is 7.85. The van der Waals surface area contributed by atoms with Gasteiger partial charge in [0.1, 0.15) is 0 Å². The van der Waals surface area contributed by atoms with Gasteiger partial charge in [0, 0.05) is 0 Å². The second-order valence-electron chi connectivity index (χ2n) is 2.67. The van der Waals surface area contributed by atoms with Crippen LogP contribution in [-0.2, 0) is 25.4 Å². The highest BCUT2D eigenvalue weighted by atomic mass is 32.2. The van der Waals surface area contributed by atoms with Crippen LogP contribution >= 0.6 is 0 Å². The zero-order valence-corrected chi connectivity index (χ0v) is 9.33. The quantitative estimate of drug-likeness (QED) is 0.774. The fourth-order valence-electron chi connectivity index (χ4n) is 0.961. The SMILES string of the molecule is O=S(O)OCCS(=O)(=O)c1ccccc1. The molecule has 7 heteroatoms. The first kappa shape index (κ1) is 12.3. The lowest BCUT2D eigenvalue weighted by Gasteiger charge is -2.02. The predicted octanol–water partition coefficient (Wildman–Crippen LogP) is 0.614. The topological polar surface area (TPSA) is 80.7 Å². The summed E-state index contributed by atoms with van der Waals surface area (Å²) in [5.74, 6) is -0.316. The summed E-state index contributed by atoms with van der Waals surface area (Å²) in [5.41, 5.74) is 0. The van der Waals surface area contributed by atoms with Gasteiger partial charge in [-0.2, -0.15) is 4.21 Å². The Morgan fingerprint density at radius 1 is 1.27 bits per heavy atom. The molecule has 0 aliphatic heterocycles. The summed E-state index contributed by atoms with van der Waals surface area (Å²) >= 11 is -2.42. The largest absolute Gasteiger partial charge is 0.301 e. The van der Waals surface area contributed by atoms with Gasteiger partial charge >= 0.3 is 11.4 Å². The van der Waals surface area contributed by atoms with Crippen molar-refractivity contribution in [2.24, 2.45) is 0 Å². The van der Waals surface area contributed by atoms with Gasteiger partial charge in [-0.3, -0.25) is 8.74 Å². The summed E-state index contributed by atoms with van der Waals surface area (Å²) in [6.07, 6.45) is 0. The Bertz CT molecular complexity index is 426. The fraction of sp³-hybridized carbons (Fsp3) is 0.250. The molecule has 1 aromatic rings. The normalized spacial score (nSPS) is 13.7. The molecule has 0 spiro atoms. The maximum atomic E-state index is 11.6. The van der Waals surface area contributed by atoms with Crippen molar-refractivity contribution in [3.05, 3.63) is 30.3 Å². The number of hydrogen-bond acceptors (Lipinski definition) is 4. The van der Waals surface area contributed by atoms with Crippen molar-refractivity contribution in [1.29, 1.82) is 0 Å². The molecule has 0 fully saturated rings. The average Bonchev–Trinajstić information content (AvgIpc) is 2.18. The first-order valence-corrected chi connectivity index (χ1v) is 6.73. The molecule has 1 atom stereocenters. The first-order valence-electron chi connectivity index (χ1n) is 4.04. The number of benzene rings is 1. The molecule has 84 valence electrons. The second-order valence-corrected chi connectivity index (χ2v) is 5.45. The molecule has 0 aliphatic rings. The highest BCUT2D eigenvalue weighted by Gasteiger charge is 2.13. The highest BCUT2D eigenvalue weighted by Crippen LogP contribution is 2.09. The minimum absolute atomic E-state index is 0.178. The van der Waals surface area contributed by atoms with Crippen molar-refractivity contribution >= 4 is 21.2 Å². The van der Waals surface area contributed by atoms with Crippen LogP contribution in [-0.4, -0.2) is 29.5 Å². The van der Waals surface area contributed by atoms with Gasteiger partial charge in [-0.1, -0.05) is 18.2 Å². The van der Waals surface area contributed by atoms with Crippen molar-refractivity contribution in [3.63, 3.8) is 0 Å². The van der Waals surface area contributed by atoms with Gasteiger partial charge in [-0.15, -0.1) is 0 Å². The van der Waals surface area contributed by atoms with Crippen LogP contribution in [0.1, 0.15) is 0 Å². The molecule has 0 amide bonds. The summed E-state index contributed by atoms with van der Waals surface area (Å²) in [6.45, 7) is -0.305. The predicted molar refractivity (Wildman–Crippen MR) is 55.2 cm³/mol. The van der Waals surface area contributed by atoms with E-state index in [1.165, 1.54) is 12.1 Å². The third-order valence-electron chi connectivity index (χ3n) is 1.64. The third-order valence-corrected chi connectivity index (χ3v) is 3.70. The van der Waals surface area contributed by atoms with Gasteiger partial charge < -0.3 is 0 Å². The van der Waals surface area contributed by atoms with Crippen molar-refractivity contribution < 1.29 is 21.4 Å². The second kappa shape index (κ2) is 5.36. The van der Waals surface area contributed by atoms with Gasteiger partial charge in [-0.25, -0.2) is 8.42 Å². The molecule has 0 radical (unpaired) electrons. The molecule has 0 saturated heterocycles. The molecule has 15 heavy (non-hydrogen) atoms. The van der Waals surface area contributed by atoms with Crippen molar-refractivity contribution in [2.45, 2.75) is 4.90 Å². The van der Waals surface area contributed by atoms with E-state index < -0.39 is 21.2 Å². The average molecular weight is 250 g/mol. The number of rotatable bonds is 5. The molecular weight excluding hydrogens is 240 g/mol. The van der Waals surface area contributed by atoms with Crippen molar-refractivity contribution in [1.82, 2.24) is 0 Å². The number of hydrogen-bond donors (Lipinski definition) is 1. The van der Waals surface area contributed by atoms with Gasteiger partial charge in [0.2, 0.25) is 0 Å². The van der Waals surface area contributed by atoms with E-state index >= 15 is 0 Å². The van der Waals surface area contributed by atoms with Gasteiger partial charge in [-0.05, 0) is 12.1 Å². The Morgan fingerprint density at radius 2 is 1.87 bits per heavy atom. The molecule has 1 rings (SSSR count). The number of sulfone groups is 1. The van der Waals surface area contributed by atoms with Crippen LogP contribution in [0.5, 0.6) is 0 Å². The Hall–Kier alpha value is -0.760. The molecular formula is C8H10O5S2. The van der Waals surface area contributed by atoms with Crippen LogP contribution < -0.4 is 0 Å². The zero-order valence-electron chi connectivity index (χ0n) is 7.70. The van der Waals surface area contributed by atoms with E-state index in [1.54, 1.807) is 18.2 Å². The van der Waals surface area contributed by atoms with E-state index in [-0.39, 0.29) is 17.3 Å². The molecule has 0 bridgehead atoms. The summed E-state index contributed by atoms with van der Waals surface area (Å²) in [5, 5.41) is 0. The Kier molecular flexibility index (Phi) is 4.40. The van der Waals surface area contributed by atoms with E-state index in [1.807, 2.05) is 0 Å². The maximum absolute atomic E-state index is 11.6. The molecule has 0 saturated carbocycles. The van der Waals surface area contributed by atoms with E-state index in [0.717, 1.165) is 0 Å². The molecule has 5 nitrogen and oxygen atoms in total. The first-order chi connectivity index (χ1) is 7.02. The summed E-state index contributed by atoms with van der Waals surface area (Å²) < 4.78 is 45.7. The van der Waals surface area contributed by atoms with Crippen molar-refractivity contribution in [3.8, 4) is 0 Å². The molecule has 1 unspecified atom stereocenters. The van der Waals surface area contributed by atoms with Gasteiger partial charge in [0.15, 0.2) is 9.84 Å². The third kappa shape index (κ3) is 4.08. The lowest BCUT2D eigenvalue weighted by molar-refractivity contribution is 0.326. The summed E-state index contributed by atoms with van der Waals surface area (Å²) in [4.78, 5) is 0.178. The Labute approximate surface area is 90.5 Å². The smallest absolute Gasteiger partial charge is 0.284 e. The lowest BCUT2D eigenvalue weighted by Crippen LogP contribution is -2.13. The monoisotopic (exact) mass is 250 g/mol. The highest BCUT2D eigenvalue weighted by molar-refractivity contribution is 7.91.